The molecule has 0 saturated heterocycles. The van der Waals surface area contributed by atoms with E-state index in [1.807, 2.05) is 0 Å². The Morgan fingerprint density at radius 2 is 1.60 bits per heavy atom. The van der Waals surface area contributed by atoms with Crippen LogP contribution in [-0.2, 0) is 14.1 Å². The summed E-state index contributed by atoms with van der Waals surface area (Å²) in [6.45, 7) is 0. The van der Waals surface area contributed by atoms with E-state index in [1.165, 1.54) is 24.2 Å². The van der Waals surface area contributed by atoms with E-state index in [0.717, 1.165) is 43.1 Å². The topological polar surface area (TPSA) is 61.1 Å². The lowest BCUT2D eigenvalue weighted by atomic mass is 9.86. The Morgan fingerprint density at radius 1 is 1.05 bits per heavy atom. The molecule has 1 fully saturated rings. The number of hydrogen-bond acceptors (Lipinski definition) is 3. The average Bonchev–Trinajstić information content (AvgIpc) is 2.39. The van der Waals surface area contributed by atoms with Crippen molar-refractivity contribution in [2.45, 2.75) is 44.9 Å². The van der Waals surface area contributed by atoms with Crippen LogP contribution < -0.4 is 11.2 Å². The lowest BCUT2D eigenvalue weighted by Crippen LogP contribution is -2.40. The fraction of sp³-hybridized carbons (Fsp3) is 0.667. The monoisotopic (exact) mass is 278 g/mol. The maximum atomic E-state index is 12.6. The van der Waals surface area contributed by atoms with Gasteiger partial charge in [0.15, 0.2) is 5.78 Å². The summed E-state index contributed by atoms with van der Waals surface area (Å²) in [7, 11) is 2.98. The highest BCUT2D eigenvalue weighted by Crippen LogP contribution is 2.24. The predicted octanol–water partition coefficient (Wildman–Crippen LogP) is 1.63. The molecule has 1 aliphatic carbocycles. The molecule has 0 N–H and O–H groups in total. The average molecular weight is 278 g/mol. The molecule has 0 atom stereocenters. The van der Waals surface area contributed by atoms with Crippen LogP contribution in [0.25, 0.3) is 0 Å². The summed E-state index contributed by atoms with van der Waals surface area (Å²) in [6, 6.07) is 0. The second kappa shape index (κ2) is 6.20. The molecular weight excluding hydrogens is 256 g/mol. The number of aromatic nitrogens is 2. The van der Waals surface area contributed by atoms with Gasteiger partial charge in [-0.05, 0) is 12.8 Å². The van der Waals surface area contributed by atoms with E-state index in [1.54, 1.807) is 7.05 Å². The maximum absolute atomic E-state index is 12.6. The van der Waals surface area contributed by atoms with Gasteiger partial charge in [-0.25, -0.2) is 4.79 Å². The summed E-state index contributed by atoms with van der Waals surface area (Å²) in [5.74, 6) is -0.163. The standard InChI is InChI=1S/C15H22N2O3/c1-16-10-12(14(19)17(2)15(16)20)13(18)11-8-6-4-3-5-7-9-11/h10-11H,3-9H2,1-2H3. The molecule has 1 saturated carbocycles. The van der Waals surface area contributed by atoms with Crippen LogP contribution in [0.5, 0.6) is 0 Å². The third-order valence-corrected chi connectivity index (χ3v) is 4.19. The first-order chi connectivity index (χ1) is 9.52. The zero-order valence-electron chi connectivity index (χ0n) is 12.2. The molecule has 110 valence electrons. The lowest BCUT2D eigenvalue weighted by Gasteiger charge is -2.18. The van der Waals surface area contributed by atoms with E-state index in [2.05, 4.69) is 0 Å². The van der Waals surface area contributed by atoms with Crippen molar-refractivity contribution < 1.29 is 4.79 Å². The number of Topliss-reactive ketones (excluding diaryl/α,β-unsaturated/α-hetero) is 1. The molecule has 0 spiro atoms. The fourth-order valence-electron chi connectivity index (χ4n) is 2.92. The Bertz CT molecular complexity index is 605. The second-order valence-corrected chi connectivity index (χ2v) is 5.71. The summed E-state index contributed by atoms with van der Waals surface area (Å²) in [4.78, 5) is 36.3. The molecule has 0 bridgehead atoms. The van der Waals surface area contributed by atoms with Crippen molar-refractivity contribution >= 4 is 5.78 Å². The molecule has 20 heavy (non-hydrogen) atoms. The van der Waals surface area contributed by atoms with Gasteiger partial charge in [0.1, 0.15) is 0 Å². The van der Waals surface area contributed by atoms with Gasteiger partial charge >= 0.3 is 5.69 Å². The minimum absolute atomic E-state index is 0.0690. The Labute approximate surface area is 118 Å². The number of ketones is 1. The van der Waals surface area contributed by atoms with Crippen LogP contribution in [0.1, 0.15) is 55.3 Å². The van der Waals surface area contributed by atoms with E-state index >= 15 is 0 Å². The first kappa shape index (κ1) is 14.8. The van der Waals surface area contributed by atoms with Crippen molar-refractivity contribution in [3.05, 3.63) is 32.6 Å². The quantitative estimate of drug-likeness (QED) is 0.772. The lowest BCUT2D eigenvalue weighted by molar-refractivity contribution is 0.0895. The largest absolute Gasteiger partial charge is 0.330 e. The molecule has 5 heteroatoms. The van der Waals surface area contributed by atoms with Gasteiger partial charge in [0.2, 0.25) is 0 Å². The van der Waals surface area contributed by atoms with Gasteiger partial charge < -0.3 is 4.57 Å². The molecule has 1 aromatic heterocycles. The van der Waals surface area contributed by atoms with Crippen molar-refractivity contribution in [3.8, 4) is 0 Å². The third kappa shape index (κ3) is 2.92. The molecule has 0 radical (unpaired) electrons. The van der Waals surface area contributed by atoms with Crippen molar-refractivity contribution in [1.29, 1.82) is 0 Å². The molecule has 1 heterocycles. The summed E-state index contributed by atoms with van der Waals surface area (Å²) >= 11 is 0. The van der Waals surface area contributed by atoms with Gasteiger partial charge in [0, 0.05) is 26.2 Å². The van der Waals surface area contributed by atoms with Gasteiger partial charge in [-0.3, -0.25) is 14.2 Å². The molecule has 1 aliphatic rings. The number of aryl methyl sites for hydroxylation is 1. The Hall–Kier alpha value is -1.65. The third-order valence-electron chi connectivity index (χ3n) is 4.19. The van der Waals surface area contributed by atoms with Crippen molar-refractivity contribution in [3.63, 3.8) is 0 Å². The molecule has 0 unspecified atom stereocenters. The molecule has 2 rings (SSSR count). The van der Waals surface area contributed by atoms with Crippen LogP contribution in [-0.4, -0.2) is 14.9 Å². The van der Waals surface area contributed by atoms with E-state index < -0.39 is 11.2 Å². The number of carbonyl (C=O) groups excluding carboxylic acids is 1. The van der Waals surface area contributed by atoms with Crippen LogP contribution in [0.2, 0.25) is 0 Å². The highest BCUT2D eigenvalue weighted by atomic mass is 16.2. The van der Waals surface area contributed by atoms with Crippen LogP contribution in [0.4, 0.5) is 0 Å². The molecule has 0 aliphatic heterocycles. The van der Waals surface area contributed by atoms with E-state index in [0.29, 0.717) is 0 Å². The first-order valence-corrected chi connectivity index (χ1v) is 7.33. The predicted molar refractivity (Wildman–Crippen MR) is 77.1 cm³/mol. The van der Waals surface area contributed by atoms with Crippen LogP contribution in [0.15, 0.2) is 15.8 Å². The molecule has 5 nitrogen and oxygen atoms in total. The zero-order chi connectivity index (χ0) is 14.7. The number of rotatable bonds is 2. The highest BCUT2D eigenvalue weighted by Gasteiger charge is 2.24. The van der Waals surface area contributed by atoms with Crippen LogP contribution >= 0.6 is 0 Å². The molecular formula is C15H22N2O3. The van der Waals surface area contributed by atoms with E-state index in [9.17, 15) is 14.4 Å². The number of hydrogen-bond donors (Lipinski definition) is 0. The van der Waals surface area contributed by atoms with Gasteiger partial charge in [-0.1, -0.05) is 32.1 Å². The zero-order valence-corrected chi connectivity index (χ0v) is 12.2. The van der Waals surface area contributed by atoms with Gasteiger partial charge in [0.25, 0.3) is 5.56 Å². The fourth-order valence-corrected chi connectivity index (χ4v) is 2.92. The molecule has 1 aromatic rings. The van der Waals surface area contributed by atoms with E-state index in [4.69, 9.17) is 0 Å². The van der Waals surface area contributed by atoms with Gasteiger partial charge in [0.05, 0.1) is 5.56 Å². The smallest absolute Gasteiger partial charge is 0.303 e. The Morgan fingerprint density at radius 3 is 2.20 bits per heavy atom. The summed E-state index contributed by atoms with van der Waals surface area (Å²) in [6.07, 6.45) is 8.75. The van der Waals surface area contributed by atoms with Crippen LogP contribution in [0.3, 0.4) is 0 Å². The first-order valence-electron chi connectivity index (χ1n) is 7.33. The minimum Gasteiger partial charge on any atom is -0.303 e. The summed E-state index contributed by atoms with van der Waals surface area (Å²) in [5, 5.41) is 0. The number of carbonyl (C=O) groups is 1. The molecule has 0 amide bonds. The van der Waals surface area contributed by atoms with Crippen molar-refractivity contribution in [2.75, 3.05) is 0 Å². The second-order valence-electron chi connectivity index (χ2n) is 5.71. The Balaban J connectivity index is 2.33. The van der Waals surface area contributed by atoms with Crippen molar-refractivity contribution in [1.82, 2.24) is 9.13 Å². The number of nitrogens with zero attached hydrogens (tertiary/aromatic N) is 2. The van der Waals surface area contributed by atoms with Gasteiger partial charge in [-0.2, -0.15) is 0 Å². The van der Waals surface area contributed by atoms with Gasteiger partial charge in [-0.15, -0.1) is 0 Å². The SMILES string of the molecule is Cn1cc(C(=O)C2CCCCCCC2)c(=O)n(C)c1=O. The Kier molecular flexibility index (Phi) is 4.57. The summed E-state index contributed by atoms with van der Waals surface area (Å²) in [5.41, 5.74) is -0.718. The summed E-state index contributed by atoms with van der Waals surface area (Å²) < 4.78 is 2.31. The minimum atomic E-state index is -0.472. The van der Waals surface area contributed by atoms with E-state index in [-0.39, 0.29) is 17.3 Å². The van der Waals surface area contributed by atoms with Crippen LogP contribution in [0, 0.1) is 5.92 Å². The maximum Gasteiger partial charge on any atom is 0.330 e. The normalized spacial score (nSPS) is 17.5. The molecule has 0 aromatic carbocycles. The van der Waals surface area contributed by atoms with Crippen molar-refractivity contribution in [2.24, 2.45) is 20.0 Å². The highest BCUT2D eigenvalue weighted by molar-refractivity contribution is 5.97.